The Kier molecular flexibility index (Phi) is 5.02. The van der Waals surface area contributed by atoms with Gasteiger partial charge in [0.05, 0.1) is 4.92 Å². The summed E-state index contributed by atoms with van der Waals surface area (Å²) in [7, 11) is 0. The molecule has 1 aromatic carbocycles. The van der Waals surface area contributed by atoms with E-state index in [1.54, 1.807) is 17.0 Å². The SMILES string of the molecule is CC1CCCN(c2ccc([N+](=O)[O-])c(C(=O)N3CCCC3)c2)CC1. The fraction of sp³-hybridized carbons (Fsp3) is 0.611. The molecule has 6 nitrogen and oxygen atoms in total. The first-order chi connectivity index (χ1) is 11.6. The first-order valence-corrected chi connectivity index (χ1v) is 8.89. The Labute approximate surface area is 142 Å². The van der Waals surface area contributed by atoms with Crippen LogP contribution in [0.25, 0.3) is 0 Å². The minimum Gasteiger partial charge on any atom is -0.372 e. The van der Waals surface area contributed by atoms with Crippen molar-refractivity contribution in [3.05, 3.63) is 33.9 Å². The monoisotopic (exact) mass is 331 g/mol. The summed E-state index contributed by atoms with van der Waals surface area (Å²) in [5.41, 5.74) is 1.08. The molecule has 1 aromatic rings. The predicted molar refractivity (Wildman–Crippen MR) is 93.5 cm³/mol. The van der Waals surface area contributed by atoms with Gasteiger partial charge in [0.15, 0.2) is 0 Å². The van der Waals surface area contributed by atoms with Crippen LogP contribution in [0.15, 0.2) is 18.2 Å². The Morgan fingerprint density at radius 1 is 1.12 bits per heavy atom. The van der Waals surface area contributed by atoms with Crippen molar-refractivity contribution < 1.29 is 9.72 Å². The molecule has 2 aliphatic heterocycles. The number of likely N-dealkylation sites (tertiary alicyclic amines) is 1. The van der Waals surface area contributed by atoms with Gasteiger partial charge in [-0.05, 0) is 50.2 Å². The molecule has 0 saturated carbocycles. The van der Waals surface area contributed by atoms with Crippen LogP contribution in [0.3, 0.4) is 0 Å². The van der Waals surface area contributed by atoms with E-state index in [-0.39, 0.29) is 17.2 Å². The molecule has 0 N–H and O–H groups in total. The lowest BCUT2D eigenvalue weighted by atomic mass is 10.0. The van der Waals surface area contributed by atoms with Gasteiger partial charge >= 0.3 is 0 Å². The lowest BCUT2D eigenvalue weighted by Crippen LogP contribution is -2.29. The van der Waals surface area contributed by atoms with Gasteiger partial charge in [-0.1, -0.05) is 6.92 Å². The van der Waals surface area contributed by atoms with Crippen LogP contribution in [0, 0.1) is 16.0 Å². The average Bonchev–Trinajstić information content (AvgIpc) is 3.02. The molecule has 24 heavy (non-hydrogen) atoms. The molecule has 3 rings (SSSR count). The van der Waals surface area contributed by atoms with E-state index < -0.39 is 4.92 Å². The molecule has 1 atom stereocenters. The molecular formula is C18H25N3O3. The van der Waals surface area contributed by atoms with Crippen LogP contribution in [-0.4, -0.2) is 41.9 Å². The van der Waals surface area contributed by atoms with E-state index in [0.717, 1.165) is 44.5 Å². The fourth-order valence-electron chi connectivity index (χ4n) is 3.66. The highest BCUT2D eigenvalue weighted by Gasteiger charge is 2.28. The zero-order chi connectivity index (χ0) is 17.1. The first-order valence-electron chi connectivity index (χ1n) is 8.89. The number of nitro benzene ring substituents is 1. The zero-order valence-electron chi connectivity index (χ0n) is 14.2. The Bertz CT molecular complexity index is 626. The highest BCUT2D eigenvalue weighted by Crippen LogP contribution is 2.29. The normalized spacial score (nSPS) is 21.6. The van der Waals surface area contributed by atoms with Crippen LogP contribution in [-0.2, 0) is 0 Å². The van der Waals surface area contributed by atoms with E-state index in [0.29, 0.717) is 19.0 Å². The van der Waals surface area contributed by atoms with Gasteiger partial charge in [0.25, 0.3) is 11.6 Å². The molecule has 0 aromatic heterocycles. The number of carbonyl (C=O) groups excluding carboxylic acids is 1. The van der Waals surface area contributed by atoms with E-state index in [4.69, 9.17) is 0 Å². The summed E-state index contributed by atoms with van der Waals surface area (Å²) >= 11 is 0. The average molecular weight is 331 g/mol. The van der Waals surface area contributed by atoms with Gasteiger partial charge < -0.3 is 9.80 Å². The van der Waals surface area contributed by atoms with Crippen molar-refractivity contribution in [3.63, 3.8) is 0 Å². The lowest BCUT2D eigenvalue weighted by molar-refractivity contribution is -0.385. The van der Waals surface area contributed by atoms with E-state index in [2.05, 4.69) is 11.8 Å². The Morgan fingerprint density at radius 2 is 1.88 bits per heavy atom. The van der Waals surface area contributed by atoms with Gasteiger partial charge in [0.2, 0.25) is 0 Å². The summed E-state index contributed by atoms with van der Waals surface area (Å²) in [6.45, 7) is 5.54. The van der Waals surface area contributed by atoms with E-state index in [9.17, 15) is 14.9 Å². The first kappa shape index (κ1) is 16.7. The zero-order valence-corrected chi connectivity index (χ0v) is 14.2. The molecular weight excluding hydrogens is 306 g/mol. The Hall–Kier alpha value is -2.11. The highest BCUT2D eigenvalue weighted by molar-refractivity contribution is 5.99. The maximum Gasteiger partial charge on any atom is 0.282 e. The highest BCUT2D eigenvalue weighted by atomic mass is 16.6. The van der Waals surface area contributed by atoms with Gasteiger partial charge in [0.1, 0.15) is 5.56 Å². The molecule has 0 bridgehead atoms. The topological polar surface area (TPSA) is 66.7 Å². The van der Waals surface area contributed by atoms with Crippen molar-refractivity contribution in [2.24, 2.45) is 5.92 Å². The van der Waals surface area contributed by atoms with Crippen molar-refractivity contribution >= 4 is 17.3 Å². The van der Waals surface area contributed by atoms with Crippen LogP contribution < -0.4 is 4.90 Å². The number of carbonyl (C=O) groups is 1. The number of nitro groups is 1. The van der Waals surface area contributed by atoms with Gasteiger partial charge in [0, 0.05) is 37.9 Å². The van der Waals surface area contributed by atoms with Gasteiger partial charge in [-0.25, -0.2) is 0 Å². The maximum absolute atomic E-state index is 12.7. The van der Waals surface area contributed by atoms with Gasteiger partial charge in [-0.2, -0.15) is 0 Å². The van der Waals surface area contributed by atoms with Gasteiger partial charge in [-0.3, -0.25) is 14.9 Å². The summed E-state index contributed by atoms with van der Waals surface area (Å²) in [6.07, 6.45) is 5.40. The van der Waals surface area contributed by atoms with Crippen LogP contribution in [0.5, 0.6) is 0 Å². The molecule has 2 aliphatic rings. The molecule has 2 heterocycles. The van der Waals surface area contributed by atoms with Crippen molar-refractivity contribution in [1.29, 1.82) is 0 Å². The molecule has 130 valence electrons. The third-order valence-electron chi connectivity index (χ3n) is 5.18. The molecule has 2 saturated heterocycles. The summed E-state index contributed by atoms with van der Waals surface area (Å²) in [6, 6.07) is 5.01. The largest absolute Gasteiger partial charge is 0.372 e. The van der Waals surface area contributed by atoms with Crippen molar-refractivity contribution in [1.82, 2.24) is 4.90 Å². The maximum atomic E-state index is 12.7. The molecule has 0 radical (unpaired) electrons. The summed E-state index contributed by atoms with van der Waals surface area (Å²) < 4.78 is 0. The predicted octanol–water partition coefficient (Wildman–Crippen LogP) is 3.46. The number of hydrogen-bond acceptors (Lipinski definition) is 4. The summed E-state index contributed by atoms with van der Waals surface area (Å²) in [5.74, 6) is 0.503. The Balaban J connectivity index is 1.90. The minimum absolute atomic E-state index is 0.0844. The van der Waals surface area contributed by atoms with E-state index in [1.165, 1.54) is 12.5 Å². The second-order valence-corrected chi connectivity index (χ2v) is 6.98. The quantitative estimate of drug-likeness (QED) is 0.628. The Morgan fingerprint density at radius 3 is 2.58 bits per heavy atom. The molecule has 0 spiro atoms. The second kappa shape index (κ2) is 7.20. The summed E-state index contributed by atoms with van der Waals surface area (Å²) in [5, 5.41) is 11.3. The molecule has 0 aliphatic carbocycles. The smallest absolute Gasteiger partial charge is 0.282 e. The number of hydrogen-bond donors (Lipinski definition) is 0. The molecule has 1 unspecified atom stereocenters. The number of amides is 1. The summed E-state index contributed by atoms with van der Waals surface area (Å²) in [4.78, 5) is 27.6. The third-order valence-corrected chi connectivity index (χ3v) is 5.18. The molecule has 6 heteroatoms. The van der Waals surface area contributed by atoms with Crippen LogP contribution in [0.1, 0.15) is 49.4 Å². The van der Waals surface area contributed by atoms with Crippen LogP contribution in [0.2, 0.25) is 0 Å². The standard InChI is InChI=1S/C18H25N3O3/c1-14-5-4-11-19(12-8-14)15-6-7-17(21(23)24)16(13-15)18(22)20-9-2-3-10-20/h6-7,13-14H,2-5,8-12H2,1H3. The number of nitrogens with zero attached hydrogens (tertiary/aromatic N) is 3. The van der Waals surface area contributed by atoms with Crippen molar-refractivity contribution in [2.75, 3.05) is 31.1 Å². The number of anilines is 1. The molecule has 2 fully saturated rings. The van der Waals surface area contributed by atoms with Crippen molar-refractivity contribution in [2.45, 2.75) is 39.0 Å². The van der Waals surface area contributed by atoms with E-state index in [1.807, 2.05) is 0 Å². The van der Waals surface area contributed by atoms with Crippen LogP contribution in [0.4, 0.5) is 11.4 Å². The minimum atomic E-state index is -0.447. The third kappa shape index (κ3) is 3.52. The number of benzene rings is 1. The van der Waals surface area contributed by atoms with Crippen LogP contribution >= 0.6 is 0 Å². The lowest BCUT2D eigenvalue weighted by Gasteiger charge is -2.24. The number of rotatable bonds is 3. The second-order valence-electron chi connectivity index (χ2n) is 6.98. The van der Waals surface area contributed by atoms with Crippen molar-refractivity contribution in [3.8, 4) is 0 Å². The fourth-order valence-corrected chi connectivity index (χ4v) is 3.66. The molecule has 1 amide bonds. The van der Waals surface area contributed by atoms with Gasteiger partial charge in [-0.15, -0.1) is 0 Å². The van der Waals surface area contributed by atoms with E-state index >= 15 is 0 Å².